The van der Waals surface area contributed by atoms with E-state index in [-0.39, 0.29) is 24.4 Å². The molecule has 0 bridgehead atoms. The zero-order valence-corrected chi connectivity index (χ0v) is 7.34. The molecule has 1 nitrogen and oxygen atoms in total. The summed E-state index contributed by atoms with van der Waals surface area (Å²) in [6.45, 7) is 0. The van der Waals surface area contributed by atoms with Crippen LogP contribution in [0.4, 0.5) is 0 Å². The Labute approximate surface area is 59.4 Å². The minimum absolute atomic E-state index is 0. The molecular formula is Br2OSb. The van der Waals surface area contributed by atoms with Crippen LogP contribution < -0.4 is 0 Å². The average Bonchev–Trinajstić information content (AvgIpc) is 0.918. The molecule has 0 saturated carbocycles. The summed E-state index contributed by atoms with van der Waals surface area (Å²) < 4.78 is 3.88. The van der Waals surface area contributed by atoms with Crippen molar-refractivity contribution in [2.75, 3.05) is 0 Å². The van der Waals surface area contributed by atoms with Crippen molar-refractivity contribution in [1.29, 1.82) is 0 Å². The Morgan fingerprint density at radius 3 is 1.25 bits per heavy atom. The van der Waals surface area contributed by atoms with Crippen LogP contribution in [0.25, 0.3) is 0 Å². The van der Waals surface area contributed by atoms with Crippen molar-refractivity contribution in [1.82, 2.24) is 0 Å². The molecule has 4 heavy (non-hydrogen) atoms. The van der Waals surface area contributed by atoms with Crippen LogP contribution >= 0.6 is 32.5 Å². The molecule has 0 unspecified atom stereocenters. The van der Waals surface area contributed by atoms with E-state index in [1.165, 1.54) is 0 Å². The zero-order chi connectivity index (χ0) is 2.71. The third-order valence-electron chi connectivity index (χ3n) is 0. The SMILES string of the molecule is BrOBr.[Sb]. The van der Waals surface area contributed by atoms with Crippen molar-refractivity contribution in [2.45, 2.75) is 0 Å². The standard InChI is InChI=1S/Br2O.Sb/c1-3-2;. The normalized spacial score (nSPS) is 4.50. The summed E-state index contributed by atoms with van der Waals surface area (Å²) in [4.78, 5) is 0. The van der Waals surface area contributed by atoms with E-state index in [4.69, 9.17) is 0 Å². The monoisotopic (exact) mass is 295 g/mol. The van der Waals surface area contributed by atoms with Crippen molar-refractivity contribution in [3.05, 3.63) is 0 Å². The van der Waals surface area contributed by atoms with Crippen LogP contribution in [0.5, 0.6) is 0 Å². The molecule has 3 radical (unpaired) electrons. The van der Waals surface area contributed by atoms with Crippen LogP contribution in [0.1, 0.15) is 0 Å². The molecule has 0 atom stereocenters. The molecule has 0 spiro atoms. The van der Waals surface area contributed by atoms with Gasteiger partial charge < -0.3 is 0 Å². The second kappa shape index (κ2) is 8.83. The fraction of sp³-hybridized carbons (Fsp3) is 0. The molecule has 0 saturated heterocycles. The molecule has 0 aromatic carbocycles. The van der Waals surface area contributed by atoms with Crippen LogP contribution in [-0.4, -0.2) is 24.4 Å². The van der Waals surface area contributed by atoms with Gasteiger partial charge in [-0.05, 0) is 0 Å². The molecule has 0 amide bonds. The second-order valence-corrected chi connectivity index (χ2v) is 1.57. The third-order valence-corrected chi connectivity index (χ3v) is 0. The molecule has 0 rings (SSSR count). The van der Waals surface area contributed by atoms with Crippen LogP contribution in [-0.2, 0) is 2.92 Å². The van der Waals surface area contributed by atoms with Gasteiger partial charge in [-0.3, -0.25) is 0 Å². The van der Waals surface area contributed by atoms with Gasteiger partial charge in [0.05, 0.1) is 0 Å². The van der Waals surface area contributed by atoms with Crippen molar-refractivity contribution in [3.8, 4) is 0 Å². The predicted molar refractivity (Wildman–Crippen MR) is 24.7 cm³/mol. The first kappa shape index (κ1) is 9.22. The molecule has 0 N–H and O–H groups in total. The van der Waals surface area contributed by atoms with Gasteiger partial charge in [-0.2, -0.15) is 0 Å². The smallest absolute Gasteiger partial charge is 0.115 e. The number of hydrogen-bond acceptors (Lipinski definition) is 1. The first-order valence-corrected chi connectivity index (χ1v) is 1.60. The predicted octanol–water partition coefficient (Wildman–Crippen LogP) is 1.24. The van der Waals surface area contributed by atoms with Gasteiger partial charge in [0, 0.05) is 24.4 Å². The molecule has 25 valence electrons. The summed E-state index contributed by atoms with van der Waals surface area (Å²) in [6, 6.07) is 0. The van der Waals surface area contributed by atoms with Gasteiger partial charge in [-0.25, -0.2) is 2.92 Å². The summed E-state index contributed by atoms with van der Waals surface area (Å²) in [6.07, 6.45) is 0. The van der Waals surface area contributed by atoms with Gasteiger partial charge >= 0.3 is 0 Å². The number of hydrogen-bond donors (Lipinski definition) is 0. The Balaban J connectivity index is 0. The molecule has 4 heteroatoms. The van der Waals surface area contributed by atoms with E-state index in [0.717, 1.165) is 0 Å². The molecule has 0 aliphatic carbocycles. The van der Waals surface area contributed by atoms with Crippen molar-refractivity contribution in [3.63, 3.8) is 0 Å². The minimum atomic E-state index is 0. The molecule has 0 aliphatic heterocycles. The first-order valence-electron chi connectivity index (χ1n) is 0.309. The van der Waals surface area contributed by atoms with Crippen LogP contribution in [0.15, 0.2) is 0 Å². The van der Waals surface area contributed by atoms with Crippen molar-refractivity contribution in [2.24, 2.45) is 0 Å². The van der Waals surface area contributed by atoms with E-state index in [9.17, 15) is 0 Å². The molecular weight excluding hydrogens is 298 g/mol. The van der Waals surface area contributed by atoms with Gasteiger partial charge in [0.2, 0.25) is 0 Å². The van der Waals surface area contributed by atoms with Crippen LogP contribution in [0.3, 0.4) is 0 Å². The van der Waals surface area contributed by atoms with Crippen molar-refractivity contribution < 1.29 is 2.92 Å². The fourth-order valence-corrected chi connectivity index (χ4v) is 0. The Hall–Kier alpha value is 1.74. The summed E-state index contributed by atoms with van der Waals surface area (Å²) in [5, 5.41) is 0. The maximum atomic E-state index is 3.88. The summed E-state index contributed by atoms with van der Waals surface area (Å²) >= 11 is 5.12. The summed E-state index contributed by atoms with van der Waals surface area (Å²) in [5.74, 6) is 0. The maximum Gasteiger partial charge on any atom is 0.115 e. The van der Waals surface area contributed by atoms with Crippen molar-refractivity contribution >= 4 is 56.9 Å². The van der Waals surface area contributed by atoms with Gasteiger partial charge in [0.15, 0.2) is 0 Å². The third kappa shape index (κ3) is 9.28. The first-order chi connectivity index (χ1) is 1.41. The maximum absolute atomic E-state index is 3.88. The molecule has 0 aromatic heterocycles. The minimum Gasteiger partial charge on any atom is -0.230 e. The van der Waals surface area contributed by atoms with Gasteiger partial charge in [0.25, 0.3) is 0 Å². The zero-order valence-electron chi connectivity index (χ0n) is 1.61. The Morgan fingerprint density at radius 1 is 1.25 bits per heavy atom. The topological polar surface area (TPSA) is 9.23 Å². The number of halogens is 2. The fourth-order valence-electron chi connectivity index (χ4n) is 0. The van der Waals surface area contributed by atoms with Crippen LogP contribution in [0, 0.1) is 0 Å². The van der Waals surface area contributed by atoms with Gasteiger partial charge in [-0.1, -0.05) is 0 Å². The van der Waals surface area contributed by atoms with E-state index in [1.54, 1.807) is 0 Å². The average molecular weight is 298 g/mol. The van der Waals surface area contributed by atoms with E-state index in [1.807, 2.05) is 0 Å². The summed E-state index contributed by atoms with van der Waals surface area (Å²) in [7, 11) is 0. The van der Waals surface area contributed by atoms with Crippen LogP contribution in [0.2, 0.25) is 0 Å². The molecule has 0 aliphatic rings. The Bertz CT molecular complexity index is 6.00. The quantitative estimate of drug-likeness (QED) is 0.611. The summed E-state index contributed by atoms with van der Waals surface area (Å²) in [5.41, 5.74) is 0. The molecule has 0 fully saturated rings. The molecule has 0 heterocycles. The van der Waals surface area contributed by atoms with E-state index in [2.05, 4.69) is 35.4 Å². The van der Waals surface area contributed by atoms with Gasteiger partial charge in [-0.15, -0.1) is 0 Å². The van der Waals surface area contributed by atoms with E-state index < -0.39 is 0 Å². The van der Waals surface area contributed by atoms with E-state index >= 15 is 0 Å². The Kier molecular flexibility index (Phi) is 20.4. The van der Waals surface area contributed by atoms with Gasteiger partial charge in [0.1, 0.15) is 32.5 Å². The van der Waals surface area contributed by atoms with E-state index in [0.29, 0.717) is 0 Å². The number of rotatable bonds is 0. The molecule has 0 aromatic rings. The Morgan fingerprint density at radius 2 is 1.25 bits per heavy atom. The second-order valence-electron chi connectivity index (χ2n) is 0.0583. The largest absolute Gasteiger partial charge is 0.230 e.